The Morgan fingerprint density at radius 2 is 1.56 bits per heavy atom. The van der Waals surface area contributed by atoms with Gasteiger partial charge in [-0.15, -0.1) is 5.10 Å². The van der Waals surface area contributed by atoms with Crippen LogP contribution in [0, 0.1) is 0 Å². The Kier molecular flexibility index (Phi) is 6.70. The average molecular weight is 429 g/mol. The molecular weight excluding hydrogens is 396 g/mol. The van der Waals surface area contributed by atoms with Gasteiger partial charge in [0.1, 0.15) is 0 Å². The van der Waals surface area contributed by atoms with Crippen molar-refractivity contribution in [3.63, 3.8) is 0 Å². The second-order valence-corrected chi connectivity index (χ2v) is 8.88. The van der Waals surface area contributed by atoms with E-state index < -0.39 is 0 Å². The van der Waals surface area contributed by atoms with Crippen LogP contribution in [-0.2, 0) is 0 Å². The molecule has 166 valence electrons. The van der Waals surface area contributed by atoms with Crippen LogP contribution in [0.15, 0.2) is 66.7 Å². The number of hydrogen-bond donors (Lipinski definition) is 0. The fraction of sp³-hybridized carbons (Fsp3) is 0.423. The van der Waals surface area contributed by atoms with Crippen molar-refractivity contribution in [1.82, 2.24) is 30.0 Å². The molecule has 6 nitrogen and oxygen atoms in total. The smallest absolute Gasteiger partial charge is 0.173 e. The summed E-state index contributed by atoms with van der Waals surface area (Å²) < 4.78 is 2.12. The third-order valence-electron chi connectivity index (χ3n) is 6.79. The SMILES string of the molecule is C(=C\c1ccccc1)/CN1CCN(C(c2ccccc2)c2nnnn2C2CCCC2)CC1. The minimum absolute atomic E-state index is 0.105. The van der Waals surface area contributed by atoms with Gasteiger partial charge in [-0.25, -0.2) is 4.68 Å². The summed E-state index contributed by atoms with van der Waals surface area (Å²) in [5.41, 5.74) is 2.54. The molecule has 2 fully saturated rings. The van der Waals surface area contributed by atoms with Crippen LogP contribution < -0.4 is 0 Å². The molecule has 0 N–H and O–H groups in total. The van der Waals surface area contributed by atoms with Gasteiger partial charge in [0, 0.05) is 32.7 Å². The van der Waals surface area contributed by atoms with E-state index in [4.69, 9.17) is 0 Å². The molecule has 3 aromatic rings. The topological polar surface area (TPSA) is 50.1 Å². The van der Waals surface area contributed by atoms with Gasteiger partial charge in [0.15, 0.2) is 5.82 Å². The number of rotatable bonds is 7. The summed E-state index contributed by atoms with van der Waals surface area (Å²) in [6, 6.07) is 21.8. The van der Waals surface area contributed by atoms with Crippen molar-refractivity contribution in [3.8, 4) is 0 Å². The van der Waals surface area contributed by atoms with Gasteiger partial charge in [-0.1, -0.05) is 85.7 Å². The van der Waals surface area contributed by atoms with Crippen LogP contribution in [0.5, 0.6) is 0 Å². The number of aromatic nitrogens is 4. The Hall–Kier alpha value is -2.83. The third-order valence-corrected chi connectivity index (χ3v) is 6.79. The van der Waals surface area contributed by atoms with Crippen molar-refractivity contribution in [2.45, 2.75) is 37.8 Å². The van der Waals surface area contributed by atoms with Crippen LogP contribution in [0.25, 0.3) is 6.08 Å². The van der Waals surface area contributed by atoms with Crippen LogP contribution in [0.3, 0.4) is 0 Å². The number of benzene rings is 2. The molecular formula is C26H32N6. The average Bonchev–Trinajstić information content (AvgIpc) is 3.54. The Labute approximate surface area is 190 Å². The summed E-state index contributed by atoms with van der Waals surface area (Å²) >= 11 is 0. The molecule has 2 aromatic carbocycles. The van der Waals surface area contributed by atoms with Crippen molar-refractivity contribution in [2.75, 3.05) is 32.7 Å². The highest BCUT2D eigenvalue weighted by Crippen LogP contribution is 2.34. The minimum atomic E-state index is 0.105. The first kappa shape index (κ1) is 21.0. The highest BCUT2D eigenvalue weighted by Gasteiger charge is 2.32. The third kappa shape index (κ3) is 4.81. The van der Waals surface area contributed by atoms with Gasteiger partial charge in [0.25, 0.3) is 0 Å². The zero-order valence-corrected chi connectivity index (χ0v) is 18.6. The number of tetrazole rings is 1. The molecule has 0 amide bonds. The quantitative estimate of drug-likeness (QED) is 0.564. The maximum absolute atomic E-state index is 4.55. The Morgan fingerprint density at radius 1 is 0.875 bits per heavy atom. The molecule has 6 heteroatoms. The van der Waals surface area contributed by atoms with Gasteiger partial charge in [0.2, 0.25) is 0 Å². The first-order chi connectivity index (χ1) is 15.9. The molecule has 0 bridgehead atoms. The summed E-state index contributed by atoms with van der Waals surface area (Å²) in [7, 11) is 0. The summed E-state index contributed by atoms with van der Waals surface area (Å²) in [6.45, 7) is 5.10. The van der Waals surface area contributed by atoms with E-state index in [0.29, 0.717) is 6.04 Å². The minimum Gasteiger partial charge on any atom is -0.297 e. The second-order valence-electron chi connectivity index (χ2n) is 8.88. The van der Waals surface area contributed by atoms with Gasteiger partial charge in [-0.2, -0.15) is 0 Å². The van der Waals surface area contributed by atoms with Crippen LogP contribution >= 0.6 is 0 Å². The maximum atomic E-state index is 4.55. The zero-order chi connectivity index (χ0) is 21.6. The Balaban J connectivity index is 1.29. The van der Waals surface area contributed by atoms with Crippen molar-refractivity contribution in [1.29, 1.82) is 0 Å². The lowest BCUT2D eigenvalue weighted by molar-refractivity contribution is 0.111. The largest absolute Gasteiger partial charge is 0.297 e. The summed E-state index contributed by atoms with van der Waals surface area (Å²) in [5.74, 6) is 1.00. The lowest BCUT2D eigenvalue weighted by Gasteiger charge is -2.38. The van der Waals surface area contributed by atoms with Gasteiger partial charge in [-0.05, 0) is 34.4 Å². The predicted molar refractivity (Wildman–Crippen MR) is 127 cm³/mol. The van der Waals surface area contributed by atoms with Crippen molar-refractivity contribution in [3.05, 3.63) is 83.7 Å². The van der Waals surface area contributed by atoms with Gasteiger partial charge >= 0.3 is 0 Å². The van der Waals surface area contributed by atoms with Crippen LogP contribution in [0.4, 0.5) is 0 Å². The van der Waals surface area contributed by atoms with Crippen molar-refractivity contribution >= 4 is 6.08 Å². The molecule has 0 spiro atoms. The fourth-order valence-corrected chi connectivity index (χ4v) is 5.05. The highest BCUT2D eigenvalue weighted by atomic mass is 15.6. The van der Waals surface area contributed by atoms with Gasteiger partial charge in [-0.3, -0.25) is 9.80 Å². The van der Waals surface area contributed by atoms with Crippen LogP contribution in [0.2, 0.25) is 0 Å². The molecule has 1 atom stereocenters. The molecule has 1 aliphatic carbocycles. The number of nitrogens with zero attached hydrogens (tertiary/aromatic N) is 6. The summed E-state index contributed by atoms with van der Waals surface area (Å²) in [4.78, 5) is 5.09. The second kappa shape index (κ2) is 10.2. The monoisotopic (exact) mass is 428 g/mol. The van der Waals surface area contributed by atoms with E-state index in [1.807, 2.05) is 0 Å². The normalized spacial score (nSPS) is 19.6. The molecule has 1 unspecified atom stereocenters. The molecule has 5 rings (SSSR count). The molecule has 1 saturated heterocycles. The van der Waals surface area contributed by atoms with Crippen LogP contribution in [-0.4, -0.2) is 62.7 Å². The summed E-state index contributed by atoms with van der Waals surface area (Å²) in [5, 5.41) is 13.1. The van der Waals surface area contributed by atoms with E-state index in [2.05, 4.69) is 103 Å². The molecule has 2 aliphatic rings. The van der Waals surface area contributed by atoms with Crippen molar-refractivity contribution < 1.29 is 0 Å². The predicted octanol–water partition coefficient (Wildman–Crippen LogP) is 4.21. The Bertz CT molecular complexity index is 985. The standard InChI is InChI=1S/C26H32N6/c1-3-10-22(11-4-1)12-9-17-30-18-20-31(21-19-30)25(23-13-5-2-6-14-23)26-27-28-29-32(26)24-15-7-8-16-24/h1-6,9-14,24-25H,7-8,15-21H2/b12-9+. The van der Waals surface area contributed by atoms with E-state index in [1.165, 1.54) is 36.8 Å². The van der Waals surface area contributed by atoms with Crippen molar-refractivity contribution in [2.24, 2.45) is 0 Å². The zero-order valence-electron chi connectivity index (χ0n) is 18.6. The van der Waals surface area contributed by atoms with E-state index in [-0.39, 0.29) is 6.04 Å². The molecule has 1 aliphatic heterocycles. The number of piperazine rings is 1. The maximum Gasteiger partial charge on any atom is 0.173 e. The highest BCUT2D eigenvalue weighted by molar-refractivity contribution is 5.48. The molecule has 1 aromatic heterocycles. The molecule has 0 radical (unpaired) electrons. The number of hydrogen-bond acceptors (Lipinski definition) is 5. The lowest BCUT2D eigenvalue weighted by Crippen LogP contribution is -2.48. The van der Waals surface area contributed by atoms with E-state index in [1.54, 1.807) is 0 Å². The summed E-state index contributed by atoms with van der Waals surface area (Å²) in [6.07, 6.45) is 9.40. The Morgan fingerprint density at radius 3 is 2.28 bits per heavy atom. The van der Waals surface area contributed by atoms with Gasteiger partial charge in [0.05, 0.1) is 12.1 Å². The molecule has 32 heavy (non-hydrogen) atoms. The van der Waals surface area contributed by atoms with Crippen LogP contribution in [0.1, 0.15) is 54.7 Å². The van der Waals surface area contributed by atoms with E-state index in [9.17, 15) is 0 Å². The van der Waals surface area contributed by atoms with Gasteiger partial charge < -0.3 is 0 Å². The lowest BCUT2D eigenvalue weighted by atomic mass is 10.0. The molecule has 2 heterocycles. The van der Waals surface area contributed by atoms with E-state index in [0.717, 1.165) is 38.5 Å². The fourth-order valence-electron chi connectivity index (χ4n) is 5.05. The molecule has 1 saturated carbocycles. The first-order valence-electron chi connectivity index (χ1n) is 11.9. The van der Waals surface area contributed by atoms with E-state index >= 15 is 0 Å². The first-order valence-corrected chi connectivity index (χ1v) is 11.9.